The first-order valence-corrected chi connectivity index (χ1v) is 13.9. The number of rotatable bonds is 6. The molecule has 0 heterocycles. The van der Waals surface area contributed by atoms with Gasteiger partial charge in [0, 0.05) is 0 Å². The molecule has 5 unspecified atom stereocenters. The van der Waals surface area contributed by atoms with E-state index in [9.17, 15) is 0 Å². The molecule has 1 saturated carbocycles. The monoisotopic (exact) mass is 428 g/mol. The van der Waals surface area contributed by atoms with Gasteiger partial charge in [0.25, 0.3) is 0 Å². The fourth-order valence-corrected chi connectivity index (χ4v) is 7.86. The van der Waals surface area contributed by atoms with Crippen molar-refractivity contribution in [2.75, 3.05) is 0 Å². The summed E-state index contributed by atoms with van der Waals surface area (Å²) in [5.41, 5.74) is 6.33. The number of hydrogen-bond acceptors (Lipinski definition) is 0. The third-order valence-corrected chi connectivity index (χ3v) is 10.2. The first-order chi connectivity index (χ1) is 14.4. The third-order valence-electron chi connectivity index (χ3n) is 10.2. The normalized spacial score (nSPS) is 34.4. The van der Waals surface area contributed by atoms with Crippen molar-refractivity contribution >= 4 is 0 Å². The van der Waals surface area contributed by atoms with Gasteiger partial charge in [-0.25, -0.2) is 0 Å². The number of allylic oxidation sites excluding steroid dienone is 3. The van der Waals surface area contributed by atoms with Gasteiger partial charge in [0.05, 0.1) is 0 Å². The largest absolute Gasteiger partial charge is 0.0950 e. The second kappa shape index (κ2) is 10.2. The van der Waals surface area contributed by atoms with Crippen LogP contribution in [0.25, 0.3) is 0 Å². The molecule has 0 amide bonds. The van der Waals surface area contributed by atoms with Crippen molar-refractivity contribution in [2.45, 2.75) is 133 Å². The molecule has 1 fully saturated rings. The SMILES string of the molecule is C=C1C2=C(CCC1(C)C(C)C(C)CCCC(C)C)C1(C)CCCC(C)(C)C1CC2.CC. The Labute approximate surface area is 196 Å². The van der Waals surface area contributed by atoms with Gasteiger partial charge in [0.2, 0.25) is 0 Å². The zero-order chi connectivity index (χ0) is 23.6. The van der Waals surface area contributed by atoms with Gasteiger partial charge in [-0.3, -0.25) is 0 Å². The highest BCUT2D eigenvalue weighted by Crippen LogP contribution is 2.64. The summed E-state index contributed by atoms with van der Waals surface area (Å²) in [4.78, 5) is 0. The van der Waals surface area contributed by atoms with E-state index in [1.54, 1.807) is 5.57 Å². The Morgan fingerprint density at radius 1 is 0.903 bits per heavy atom. The van der Waals surface area contributed by atoms with E-state index in [2.05, 4.69) is 55.4 Å². The Bertz CT molecular complexity index is 647. The quantitative estimate of drug-likeness (QED) is 0.394. The molecule has 0 aromatic heterocycles. The summed E-state index contributed by atoms with van der Waals surface area (Å²) in [6.07, 6.45) is 13.7. The molecule has 0 bridgehead atoms. The van der Waals surface area contributed by atoms with Crippen LogP contribution in [-0.2, 0) is 0 Å². The Morgan fingerprint density at radius 3 is 2.16 bits per heavy atom. The van der Waals surface area contributed by atoms with Crippen molar-refractivity contribution in [3.63, 3.8) is 0 Å². The molecule has 0 aliphatic heterocycles. The average molecular weight is 429 g/mol. The summed E-state index contributed by atoms with van der Waals surface area (Å²) in [5, 5.41) is 0. The van der Waals surface area contributed by atoms with E-state index in [-0.39, 0.29) is 0 Å². The highest BCUT2D eigenvalue weighted by Gasteiger charge is 2.53. The number of fused-ring (bicyclic) bond motifs is 2. The standard InChI is InChI=1S/C29H50.C2H6/c1-20(2)12-10-13-21(3)22(4)28(8)19-16-25-24(23(28)5)14-15-26-27(6,7)17-11-18-29(25,26)9;1-2/h20-22,26H,5,10-19H2,1-4,6-9H3;1-2H3. The Hall–Kier alpha value is -0.520. The lowest BCUT2D eigenvalue weighted by atomic mass is 9.46. The molecule has 31 heavy (non-hydrogen) atoms. The first kappa shape index (κ1) is 26.7. The molecule has 0 spiro atoms. The minimum Gasteiger partial charge on any atom is -0.0950 e. The molecule has 0 aromatic rings. The smallest absolute Gasteiger partial charge is 0.00472 e. The van der Waals surface area contributed by atoms with Gasteiger partial charge in [0.15, 0.2) is 0 Å². The van der Waals surface area contributed by atoms with E-state index >= 15 is 0 Å². The van der Waals surface area contributed by atoms with E-state index in [1.807, 2.05) is 19.4 Å². The summed E-state index contributed by atoms with van der Waals surface area (Å²) in [6.45, 7) is 28.8. The van der Waals surface area contributed by atoms with Gasteiger partial charge >= 0.3 is 0 Å². The molecule has 0 radical (unpaired) electrons. The summed E-state index contributed by atoms with van der Waals surface area (Å²) >= 11 is 0. The van der Waals surface area contributed by atoms with E-state index in [0.29, 0.717) is 16.2 Å². The summed E-state index contributed by atoms with van der Waals surface area (Å²) < 4.78 is 0. The van der Waals surface area contributed by atoms with Crippen LogP contribution in [0.1, 0.15) is 133 Å². The van der Waals surface area contributed by atoms with E-state index < -0.39 is 0 Å². The maximum absolute atomic E-state index is 4.81. The minimum atomic E-state index is 0.295. The van der Waals surface area contributed by atoms with Gasteiger partial charge in [-0.2, -0.15) is 0 Å². The van der Waals surface area contributed by atoms with Gasteiger partial charge < -0.3 is 0 Å². The predicted molar refractivity (Wildman–Crippen MR) is 140 cm³/mol. The highest BCUT2D eigenvalue weighted by atomic mass is 14.6. The third kappa shape index (κ3) is 5.04. The topological polar surface area (TPSA) is 0 Å². The lowest BCUT2D eigenvalue weighted by Gasteiger charge is -2.58. The van der Waals surface area contributed by atoms with Crippen LogP contribution in [0, 0.1) is 39.9 Å². The average Bonchev–Trinajstić information content (AvgIpc) is 2.70. The van der Waals surface area contributed by atoms with Crippen LogP contribution in [0.3, 0.4) is 0 Å². The molecule has 3 aliphatic carbocycles. The molecule has 0 heteroatoms. The Morgan fingerprint density at radius 2 is 1.55 bits per heavy atom. The van der Waals surface area contributed by atoms with Crippen LogP contribution in [0.5, 0.6) is 0 Å². The van der Waals surface area contributed by atoms with Crippen molar-refractivity contribution < 1.29 is 0 Å². The molecule has 0 aromatic carbocycles. The molecule has 0 nitrogen and oxygen atoms in total. The van der Waals surface area contributed by atoms with Gasteiger partial charge in [-0.1, -0.05) is 107 Å². The van der Waals surface area contributed by atoms with E-state index in [4.69, 9.17) is 6.58 Å². The summed E-state index contributed by atoms with van der Waals surface area (Å²) in [5.74, 6) is 3.22. The van der Waals surface area contributed by atoms with Crippen molar-refractivity contribution in [3.8, 4) is 0 Å². The fourth-order valence-electron chi connectivity index (χ4n) is 7.86. The maximum atomic E-state index is 4.81. The van der Waals surface area contributed by atoms with Crippen molar-refractivity contribution in [1.82, 2.24) is 0 Å². The van der Waals surface area contributed by atoms with Crippen LogP contribution in [0.2, 0.25) is 0 Å². The molecular weight excluding hydrogens is 372 g/mol. The van der Waals surface area contributed by atoms with Crippen LogP contribution >= 0.6 is 0 Å². The summed E-state index contributed by atoms with van der Waals surface area (Å²) in [7, 11) is 0. The zero-order valence-corrected chi connectivity index (χ0v) is 23.1. The minimum absolute atomic E-state index is 0.295. The second-order valence-corrected chi connectivity index (χ2v) is 12.8. The molecular formula is C31H56. The molecule has 0 N–H and O–H groups in total. The second-order valence-electron chi connectivity index (χ2n) is 12.8. The first-order valence-electron chi connectivity index (χ1n) is 13.9. The van der Waals surface area contributed by atoms with Crippen LogP contribution in [0.15, 0.2) is 23.3 Å². The van der Waals surface area contributed by atoms with Gasteiger partial charge in [-0.05, 0) is 89.6 Å². The zero-order valence-electron chi connectivity index (χ0n) is 23.1. The van der Waals surface area contributed by atoms with Crippen molar-refractivity contribution in [2.24, 2.45) is 39.9 Å². The Balaban J connectivity index is 0.00000166. The molecule has 180 valence electrons. The number of hydrogen-bond donors (Lipinski definition) is 0. The maximum Gasteiger partial charge on any atom is -0.00472 e. The fraction of sp³-hybridized carbons (Fsp3) is 0.871. The molecule has 5 atom stereocenters. The Kier molecular flexibility index (Phi) is 8.77. The van der Waals surface area contributed by atoms with E-state index in [1.165, 1.54) is 69.8 Å². The summed E-state index contributed by atoms with van der Waals surface area (Å²) in [6, 6.07) is 0. The lowest BCUT2D eigenvalue weighted by Crippen LogP contribution is -2.48. The van der Waals surface area contributed by atoms with Crippen LogP contribution in [-0.4, -0.2) is 0 Å². The highest BCUT2D eigenvalue weighted by molar-refractivity contribution is 5.46. The van der Waals surface area contributed by atoms with Gasteiger partial charge in [0.1, 0.15) is 0 Å². The molecule has 3 aliphatic rings. The van der Waals surface area contributed by atoms with Gasteiger partial charge in [-0.15, -0.1) is 0 Å². The van der Waals surface area contributed by atoms with Crippen molar-refractivity contribution in [3.05, 3.63) is 23.3 Å². The molecule has 3 rings (SSSR count). The van der Waals surface area contributed by atoms with E-state index in [0.717, 1.165) is 23.7 Å². The van der Waals surface area contributed by atoms with Crippen LogP contribution in [0.4, 0.5) is 0 Å². The van der Waals surface area contributed by atoms with Crippen molar-refractivity contribution in [1.29, 1.82) is 0 Å². The predicted octanol–water partition coefficient (Wildman–Crippen LogP) is 10.4. The van der Waals surface area contributed by atoms with Crippen LogP contribution < -0.4 is 0 Å². The lowest BCUT2D eigenvalue weighted by molar-refractivity contribution is 0.00548. The molecule has 0 saturated heterocycles.